The van der Waals surface area contributed by atoms with Crippen molar-refractivity contribution in [3.63, 3.8) is 0 Å². The van der Waals surface area contributed by atoms with Crippen LogP contribution in [0, 0.1) is 0 Å². The predicted molar refractivity (Wildman–Crippen MR) is 86.7 cm³/mol. The second-order valence-corrected chi connectivity index (χ2v) is 5.30. The average molecular weight is 318 g/mol. The van der Waals surface area contributed by atoms with E-state index in [9.17, 15) is 4.79 Å². The summed E-state index contributed by atoms with van der Waals surface area (Å²) in [5.74, 6) is -0.275. The molecule has 1 N–H and O–H groups in total. The molecule has 0 saturated carbocycles. The Balaban J connectivity index is 1.81. The molecule has 1 aliphatic rings. The van der Waals surface area contributed by atoms with Gasteiger partial charge in [0.25, 0.3) is 5.91 Å². The van der Waals surface area contributed by atoms with E-state index in [4.69, 9.17) is 16.3 Å². The van der Waals surface area contributed by atoms with Crippen LogP contribution in [0.5, 0.6) is 0 Å². The highest BCUT2D eigenvalue weighted by atomic mass is 35.5. The monoisotopic (exact) mass is 317 g/mol. The first kappa shape index (κ1) is 14.8. The Hall–Kier alpha value is -2.11. The molecule has 2 aromatic rings. The Morgan fingerprint density at radius 1 is 1.14 bits per heavy atom. The topological polar surface area (TPSA) is 54.5 Å². The standard InChI is InChI=1S/C16H16ClN3O2/c17-15-7-3-5-13(18-15)16(21)19-12-4-1-2-6-14(12)20-8-10-22-11-9-20/h1-7H,8-11H2,(H,19,21). The van der Waals surface area contributed by atoms with Crippen LogP contribution in [-0.4, -0.2) is 37.2 Å². The van der Waals surface area contributed by atoms with E-state index in [0.29, 0.717) is 24.1 Å². The number of rotatable bonds is 3. The van der Waals surface area contributed by atoms with E-state index in [1.807, 2.05) is 24.3 Å². The molecule has 2 heterocycles. The zero-order valence-corrected chi connectivity index (χ0v) is 12.7. The molecule has 0 aliphatic carbocycles. The van der Waals surface area contributed by atoms with Gasteiger partial charge in [0.1, 0.15) is 10.8 Å². The lowest BCUT2D eigenvalue weighted by Gasteiger charge is -2.30. The molecule has 1 aromatic carbocycles. The number of carbonyl (C=O) groups is 1. The number of hydrogen-bond acceptors (Lipinski definition) is 4. The van der Waals surface area contributed by atoms with Gasteiger partial charge in [-0.1, -0.05) is 29.8 Å². The smallest absolute Gasteiger partial charge is 0.274 e. The zero-order chi connectivity index (χ0) is 15.4. The van der Waals surface area contributed by atoms with Crippen LogP contribution in [-0.2, 0) is 4.74 Å². The minimum absolute atomic E-state index is 0.275. The minimum Gasteiger partial charge on any atom is -0.378 e. The van der Waals surface area contributed by atoms with Gasteiger partial charge in [-0.15, -0.1) is 0 Å². The van der Waals surface area contributed by atoms with Crippen molar-refractivity contribution in [2.45, 2.75) is 0 Å². The van der Waals surface area contributed by atoms with Crippen molar-refractivity contribution in [3.05, 3.63) is 53.3 Å². The summed E-state index contributed by atoms with van der Waals surface area (Å²) in [6, 6.07) is 12.7. The number of para-hydroxylation sites is 2. The third kappa shape index (κ3) is 3.37. The highest BCUT2D eigenvalue weighted by molar-refractivity contribution is 6.29. The molecule has 22 heavy (non-hydrogen) atoms. The Kier molecular flexibility index (Phi) is 4.56. The van der Waals surface area contributed by atoms with Gasteiger partial charge in [0.15, 0.2) is 0 Å². The number of carbonyl (C=O) groups excluding carboxylic acids is 1. The average Bonchev–Trinajstić information content (AvgIpc) is 2.56. The van der Waals surface area contributed by atoms with Gasteiger partial charge in [0.05, 0.1) is 24.6 Å². The van der Waals surface area contributed by atoms with Crippen molar-refractivity contribution in [2.24, 2.45) is 0 Å². The van der Waals surface area contributed by atoms with E-state index < -0.39 is 0 Å². The number of morpholine rings is 1. The van der Waals surface area contributed by atoms with Crippen LogP contribution in [0.15, 0.2) is 42.5 Å². The van der Waals surface area contributed by atoms with Crippen molar-refractivity contribution < 1.29 is 9.53 Å². The first-order chi connectivity index (χ1) is 10.7. The van der Waals surface area contributed by atoms with E-state index in [0.717, 1.165) is 24.5 Å². The summed E-state index contributed by atoms with van der Waals surface area (Å²) >= 11 is 5.83. The lowest BCUT2D eigenvalue weighted by atomic mass is 10.2. The molecule has 1 aliphatic heterocycles. The lowest BCUT2D eigenvalue weighted by Crippen LogP contribution is -2.36. The Labute approximate surface area is 133 Å². The van der Waals surface area contributed by atoms with Crippen LogP contribution < -0.4 is 10.2 Å². The van der Waals surface area contributed by atoms with E-state index in [1.165, 1.54) is 0 Å². The summed E-state index contributed by atoms with van der Waals surface area (Å²) in [5.41, 5.74) is 2.04. The van der Waals surface area contributed by atoms with Crippen molar-refractivity contribution in [2.75, 3.05) is 36.5 Å². The van der Waals surface area contributed by atoms with Crippen molar-refractivity contribution in [1.82, 2.24) is 4.98 Å². The molecule has 5 nitrogen and oxygen atoms in total. The van der Waals surface area contributed by atoms with Crippen LogP contribution >= 0.6 is 11.6 Å². The number of nitrogens with zero attached hydrogens (tertiary/aromatic N) is 2. The summed E-state index contributed by atoms with van der Waals surface area (Å²) < 4.78 is 5.37. The molecule has 1 saturated heterocycles. The van der Waals surface area contributed by atoms with Crippen LogP contribution in [0.2, 0.25) is 5.15 Å². The summed E-state index contributed by atoms with van der Waals surface area (Å²) in [7, 11) is 0. The van der Waals surface area contributed by atoms with E-state index in [1.54, 1.807) is 18.2 Å². The van der Waals surface area contributed by atoms with Gasteiger partial charge in [-0.25, -0.2) is 4.98 Å². The number of amides is 1. The predicted octanol–water partition coefficient (Wildman–Crippen LogP) is 2.82. The Bertz CT molecular complexity index is 672. The van der Waals surface area contributed by atoms with Gasteiger partial charge in [0, 0.05) is 13.1 Å². The maximum absolute atomic E-state index is 12.3. The van der Waals surface area contributed by atoms with Crippen molar-refractivity contribution >= 4 is 28.9 Å². The second-order valence-electron chi connectivity index (χ2n) is 4.92. The van der Waals surface area contributed by atoms with Crippen LogP contribution in [0.3, 0.4) is 0 Å². The third-order valence-electron chi connectivity index (χ3n) is 3.45. The number of benzene rings is 1. The summed E-state index contributed by atoms with van der Waals surface area (Å²) in [5, 5.41) is 3.21. The fourth-order valence-electron chi connectivity index (χ4n) is 2.38. The van der Waals surface area contributed by atoms with Gasteiger partial charge in [-0.3, -0.25) is 4.79 Å². The zero-order valence-electron chi connectivity index (χ0n) is 12.0. The van der Waals surface area contributed by atoms with Gasteiger partial charge < -0.3 is 15.0 Å². The summed E-state index contributed by atoms with van der Waals surface area (Å²) in [6.45, 7) is 3.00. The third-order valence-corrected chi connectivity index (χ3v) is 3.66. The largest absolute Gasteiger partial charge is 0.378 e. The number of ether oxygens (including phenoxy) is 1. The Morgan fingerprint density at radius 3 is 2.68 bits per heavy atom. The molecule has 0 atom stereocenters. The number of hydrogen-bond donors (Lipinski definition) is 1. The maximum Gasteiger partial charge on any atom is 0.274 e. The molecule has 1 amide bonds. The van der Waals surface area contributed by atoms with Gasteiger partial charge >= 0.3 is 0 Å². The van der Waals surface area contributed by atoms with Gasteiger partial charge in [0.2, 0.25) is 0 Å². The molecule has 6 heteroatoms. The van der Waals surface area contributed by atoms with E-state index >= 15 is 0 Å². The molecular weight excluding hydrogens is 302 g/mol. The number of nitrogens with one attached hydrogen (secondary N) is 1. The number of halogens is 1. The minimum atomic E-state index is -0.275. The quantitative estimate of drug-likeness (QED) is 0.884. The lowest BCUT2D eigenvalue weighted by molar-refractivity contribution is 0.102. The molecule has 0 spiro atoms. The summed E-state index contributed by atoms with van der Waals surface area (Å²) in [4.78, 5) is 18.6. The van der Waals surface area contributed by atoms with Crippen molar-refractivity contribution in [3.8, 4) is 0 Å². The van der Waals surface area contributed by atoms with Gasteiger partial charge in [-0.2, -0.15) is 0 Å². The van der Waals surface area contributed by atoms with Crippen LogP contribution in [0.25, 0.3) is 0 Å². The molecule has 3 rings (SSSR count). The molecule has 0 bridgehead atoms. The first-order valence-corrected chi connectivity index (χ1v) is 7.47. The normalized spacial score (nSPS) is 14.7. The summed E-state index contributed by atoms with van der Waals surface area (Å²) in [6.07, 6.45) is 0. The molecule has 1 fully saturated rings. The molecule has 0 unspecified atom stereocenters. The fraction of sp³-hybridized carbons (Fsp3) is 0.250. The Morgan fingerprint density at radius 2 is 1.91 bits per heavy atom. The highest BCUT2D eigenvalue weighted by Crippen LogP contribution is 2.26. The number of pyridine rings is 1. The fourth-order valence-corrected chi connectivity index (χ4v) is 2.54. The van der Waals surface area contributed by atoms with Crippen molar-refractivity contribution in [1.29, 1.82) is 0 Å². The van der Waals surface area contributed by atoms with Crippen LogP contribution in [0.1, 0.15) is 10.5 Å². The van der Waals surface area contributed by atoms with Crippen LogP contribution in [0.4, 0.5) is 11.4 Å². The van der Waals surface area contributed by atoms with Gasteiger partial charge in [-0.05, 0) is 24.3 Å². The molecule has 114 valence electrons. The highest BCUT2D eigenvalue weighted by Gasteiger charge is 2.16. The number of aromatic nitrogens is 1. The number of anilines is 2. The molecule has 1 aromatic heterocycles. The first-order valence-electron chi connectivity index (χ1n) is 7.10. The maximum atomic E-state index is 12.3. The van der Waals surface area contributed by atoms with E-state index in [-0.39, 0.29) is 5.91 Å². The molecular formula is C16H16ClN3O2. The molecule has 0 radical (unpaired) electrons. The SMILES string of the molecule is O=C(Nc1ccccc1N1CCOCC1)c1cccc(Cl)n1. The van der Waals surface area contributed by atoms with E-state index in [2.05, 4.69) is 15.2 Å². The second kappa shape index (κ2) is 6.77.